The molecule has 0 saturated carbocycles. The molecule has 0 aromatic rings. The molecule has 4 N–H and O–H groups in total. The fourth-order valence-electron chi connectivity index (χ4n) is 1.05. The zero-order valence-electron chi connectivity index (χ0n) is 12.3. The summed E-state index contributed by atoms with van der Waals surface area (Å²) >= 11 is 7.87. The van der Waals surface area contributed by atoms with Crippen molar-refractivity contribution in [2.24, 2.45) is 11.5 Å². The van der Waals surface area contributed by atoms with E-state index in [-0.39, 0.29) is 11.5 Å². The maximum absolute atomic E-state index is 11.7. The molecule has 0 aromatic carbocycles. The van der Waals surface area contributed by atoms with E-state index in [9.17, 15) is 9.59 Å². The second kappa shape index (κ2) is 7.53. The van der Waals surface area contributed by atoms with Crippen molar-refractivity contribution in [1.82, 2.24) is 0 Å². The Morgan fingerprint density at radius 2 is 1.15 bits per heavy atom. The number of rotatable bonds is 7. The first-order valence-electron chi connectivity index (χ1n) is 6.17. The number of ether oxygens (including phenoxy) is 2. The van der Waals surface area contributed by atoms with Crippen molar-refractivity contribution >= 4 is 37.2 Å². The summed E-state index contributed by atoms with van der Waals surface area (Å²) in [7, 11) is 0. The van der Waals surface area contributed by atoms with Crippen molar-refractivity contribution in [2.75, 3.05) is 11.5 Å². The van der Waals surface area contributed by atoms with Crippen molar-refractivity contribution in [3.8, 4) is 0 Å². The quantitative estimate of drug-likeness (QED) is 0.392. The third kappa shape index (κ3) is 5.16. The van der Waals surface area contributed by atoms with Crippen molar-refractivity contribution in [2.45, 2.75) is 51.0 Å². The van der Waals surface area contributed by atoms with Gasteiger partial charge in [0.25, 0.3) is 0 Å². The van der Waals surface area contributed by atoms with E-state index in [0.717, 1.165) is 0 Å². The predicted octanol–water partition coefficient (Wildman–Crippen LogP) is 0.144. The van der Waals surface area contributed by atoms with Crippen LogP contribution in [0.2, 0.25) is 0 Å². The van der Waals surface area contributed by atoms with E-state index < -0.39 is 35.2 Å². The Labute approximate surface area is 130 Å². The van der Waals surface area contributed by atoms with E-state index in [2.05, 4.69) is 25.3 Å². The van der Waals surface area contributed by atoms with E-state index in [0.29, 0.717) is 0 Å². The smallest absolute Gasteiger partial charge is 0.324 e. The number of hydrogen-bond acceptors (Lipinski definition) is 8. The normalized spacial score (nSPS) is 15.4. The molecule has 6 nitrogen and oxygen atoms in total. The van der Waals surface area contributed by atoms with E-state index in [4.69, 9.17) is 20.9 Å². The number of thiol groups is 2. The minimum atomic E-state index is -1.07. The highest BCUT2D eigenvalue weighted by Crippen LogP contribution is 2.30. The Hall–Kier alpha value is -0.440. The molecule has 0 aliphatic carbocycles. The van der Waals surface area contributed by atoms with Crippen LogP contribution in [0, 0.1) is 0 Å². The van der Waals surface area contributed by atoms with Gasteiger partial charge in [0.15, 0.2) is 0 Å². The van der Waals surface area contributed by atoms with Crippen molar-refractivity contribution in [3.63, 3.8) is 0 Å². The van der Waals surface area contributed by atoms with Crippen LogP contribution in [0.25, 0.3) is 0 Å². The van der Waals surface area contributed by atoms with Gasteiger partial charge in [0.2, 0.25) is 0 Å². The van der Waals surface area contributed by atoms with Gasteiger partial charge in [-0.1, -0.05) is 0 Å². The Morgan fingerprint density at radius 1 is 0.900 bits per heavy atom. The van der Waals surface area contributed by atoms with E-state index in [1.807, 2.05) is 0 Å². The van der Waals surface area contributed by atoms with Crippen LogP contribution in [-0.2, 0) is 19.1 Å². The first-order valence-corrected chi connectivity index (χ1v) is 7.43. The molecular weight excluding hydrogens is 300 g/mol. The van der Waals surface area contributed by atoms with Crippen LogP contribution in [0.1, 0.15) is 27.7 Å². The second-order valence-electron chi connectivity index (χ2n) is 5.44. The van der Waals surface area contributed by atoms with Crippen LogP contribution >= 0.6 is 25.3 Å². The van der Waals surface area contributed by atoms with E-state index >= 15 is 0 Å². The predicted molar refractivity (Wildman–Crippen MR) is 84.0 cm³/mol. The molecule has 0 aliphatic rings. The molecule has 118 valence electrons. The van der Waals surface area contributed by atoms with Crippen LogP contribution in [0.5, 0.6) is 0 Å². The molecule has 0 rings (SSSR count). The number of nitrogens with two attached hydrogens (primary N) is 2. The van der Waals surface area contributed by atoms with Gasteiger partial charge in [-0.15, -0.1) is 0 Å². The second-order valence-corrected chi connectivity index (χ2v) is 6.17. The Kier molecular flexibility index (Phi) is 7.37. The average molecular weight is 324 g/mol. The highest BCUT2D eigenvalue weighted by atomic mass is 32.1. The van der Waals surface area contributed by atoms with Crippen molar-refractivity contribution < 1.29 is 19.1 Å². The fourth-order valence-corrected chi connectivity index (χ4v) is 1.35. The van der Waals surface area contributed by atoms with Crippen LogP contribution in [0.15, 0.2) is 0 Å². The molecular formula is C12H24N2O4S2. The third-order valence-electron chi connectivity index (χ3n) is 3.16. The lowest BCUT2D eigenvalue weighted by atomic mass is 9.89. The monoisotopic (exact) mass is 324 g/mol. The molecule has 0 aliphatic heterocycles. The maximum atomic E-state index is 11.7. The number of esters is 2. The molecule has 0 heterocycles. The number of hydrogen-bond donors (Lipinski definition) is 4. The fraction of sp³-hybridized carbons (Fsp3) is 0.833. The van der Waals surface area contributed by atoms with E-state index in [1.165, 1.54) is 0 Å². The zero-order chi connectivity index (χ0) is 16.1. The lowest BCUT2D eigenvalue weighted by molar-refractivity contribution is -0.200. The molecule has 0 aromatic heterocycles. The summed E-state index contributed by atoms with van der Waals surface area (Å²) in [5.41, 5.74) is 8.95. The molecule has 0 amide bonds. The minimum absolute atomic E-state index is 0.166. The minimum Gasteiger partial charge on any atom is -0.454 e. The molecule has 0 bridgehead atoms. The van der Waals surface area contributed by atoms with Crippen molar-refractivity contribution in [3.05, 3.63) is 0 Å². The van der Waals surface area contributed by atoms with E-state index in [1.54, 1.807) is 27.7 Å². The SMILES string of the molecule is CC(C)(OC(=O)[C@@H](N)CS)C(C)(C)OC(=O)[C@@H](N)CS. The average Bonchev–Trinajstić information content (AvgIpc) is 2.35. The van der Waals surface area contributed by atoms with Gasteiger partial charge in [0, 0.05) is 11.5 Å². The molecule has 2 atom stereocenters. The largest absolute Gasteiger partial charge is 0.454 e. The summed E-state index contributed by atoms with van der Waals surface area (Å²) in [6.07, 6.45) is 0. The lowest BCUT2D eigenvalue weighted by Crippen LogP contribution is -2.55. The first kappa shape index (κ1) is 19.6. The highest BCUT2D eigenvalue weighted by Gasteiger charge is 2.45. The number of carbonyl (C=O) groups excluding carboxylic acids is 2. The summed E-state index contributed by atoms with van der Waals surface area (Å²) in [5, 5.41) is 0. The summed E-state index contributed by atoms with van der Waals surface area (Å²) in [6, 6.07) is -1.66. The molecule has 0 unspecified atom stereocenters. The standard InChI is InChI=1S/C12H24N2O4S2/c1-11(2,17-9(15)7(13)5-19)12(3,4)18-10(16)8(14)6-20/h7-8,19-20H,5-6,13-14H2,1-4H3/t7-,8-/m0/s1. The third-order valence-corrected chi connectivity index (χ3v) is 3.95. The van der Waals surface area contributed by atoms with Crippen LogP contribution in [0.4, 0.5) is 0 Å². The topological polar surface area (TPSA) is 105 Å². The van der Waals surface area contributed by atoms with Gasteiger partial charge in [0.1, 0.15) is 23.3 Å². The zero-order valence-corrected chi connectivity index (χ0v) is 14.0. The van der Waals surface area contributed by atoms with Gasteiger partial charge in [-0.3, -0.25) is 9.59 Å². The van der Waals surface area contributed by atoms with Crippen LogP contribution < -0.4 is 11.5 Å². The molecule has 8 heteroatoms. The van der Waals surface area contributed by atoms with Crippen LogP contribution in [-0.4, -0.2) is 46.7 Å². The molecule has 0 spiro atoms. The van der Waals surface area contributed by atoms with Gasteiger partial charge < -0.3 is 20.9 Å². The van der Waals surface area contributed by atoms with Gasteiger partial charge >= 0.3 is 11.9 Å². The van der Waals surface area contributed by atoms with Gasteiger partial charge in [-0.05, 0) is 27.7 Å². The Balaban J connectivity index is 4.88. The van der Waals surface area contributed by atoms with Gasteiger partial charge in [0.05, 0.1) is 0 Å². The van der Waals surface area contributed by atoms with Gasteiger partial charge in [-0.25, -0.2) is 0 Å². The lowest BCUT2D eigenvalue weighted by Gasteiger charge is -2.40. The summed E-state index contributed by atoms with van der Waals surface area (Å²) in [4.78, 5) is 23.5. The van der Waals surface area contributed by atoms with Gasteiger partial charge in [-0.2, -0.15) is 25.3 Å². The Bertz CT molecular complexity index is 327. The maximum Gasteiger partial charge on any atom is 0.324 e. The molecule has 0 radical (unpaired) electrons. The summed E-state index contributed by atoms with van der Waals surface area (Å²) in [5.74, 6) is -0.875. The van der Waals surface area contributed by atoms with Crippen LogP contribution in [0.3, 0.4) is 0 Å². The highest BCUT2D eigenvalue weighted by molar-refractivity contribution is 7.80. The Morgan fingerprint density at radius 3 is 1.35 bits per heavy atom. The first-order chi connectivity index (χ1) is 8.98. The summed E-state index contributed by atoms with van der Waals surface area (Å²) < 4.78 is 10.6. The number of carbonyl (C=O) groups is 2. The molecule has 20 heavy (non-hydrogen) atoms. The molecule has 0 fully saturated rings. The molecule has 0 saturated heterocycles. The van der Waals surface area contributed by atoms with Crippen molar-refractivity contribution in [1.29, 1.82) is 0 Å². The summed E-state index contributed by atoms with van der Waals surface area (Å²) in [6.45, 7) is 6.54.